The molecule has 0 saturated heterocycles. The van der Waals surface area contributed by atoms with Crippen LogP contribution in [-0.4, -0.2) is 24.9 Å². The minimum atomic E-state index is -0.356. The topological polar surface area (TPSA) is 29.5 Å². The summed E-state index contributed by atoms with van der Waals surface area (Å²) in [5.74, 6) is 0. The van der Waals surface area contributed by atoms with Crippen molar-refractivity contribution in [3.8, 4) is 0 Å². The second-order valence-electron chi connectivity index (χ2n) is 4.53. The van der Waals surface area contributed by atoms with Gasteiger partial charge in [-0.25, -0.2) is 0 Å². The second kappa shape index (κ2) is 6.02. The monoisotopic (exact) mass is 222 g/mol. The molecule has 1 aromatic rings. The van der Waals surface area contributed by atoms with Crippen molar-refractivity contribution in [2.75, 3.05) is 13.7 Å². The summed E-state index contributed by atoms with van der Waals surface area (Å²) in [5, 5.41) is 9.62. The van der Waals surface area contributed by atoms with Crippen LogP contribution in [-0.2, 0) is 11.2 Å². The van der Waals surface area contributed by atoms with Crippen LogP contribution in [0.1, 0.15) is 28.7 Å². The number of hydrogen-bond acceptors (Lipinski definition) is 2. The fourth-order valence-corrected chi connectivity index (χ4v) is 2.19. The van der Waals surface area contributed by atoms with Gasteiger partial charge in [0, 0.05) is 7.11 Å². The lowest BCUT2D eigenvalue weighted by Gasteiger charge is -2.13. The molecule has 1 N–H and O–H groups in total. The van der Waals surface area contributed by atoms with Crippen LogP contribution in [0, 0.1) is 20.8 Å². The molecule has 1 rings (SSSR count). The van der Waals surface area contributed by atoms with Crippen LogP contribution in [0.25, 0.3) is 0 Å². The van der Waals surface area contributed by atoms with Crippen LogP contribution in [0.3, 0.4) is 0 Å². The molecule has 0 radical (unpaired) electrons. The molecule has 0 aliphatic heterocycles. The minimum Gasteiger partial charge on any atom is -0.391 e. The number of rotatable bonds is 5. The Morgan fingerprint density at radius 1 is 1.19 bits per heavy atom. The van der Waals surface area contributed by atoms with Crippen molar-refractivity contribution in [2.24, 2.45) is 0 Å². The third kappa shape index (κ3) is 3.62. The molecular weight excluding hydrogens is 200 g/mol. The van der Waals surface area contributed by atoms with Crippen LogP contribution >= 0.6 is 0 Å². The van der Waals surface area contributed by atoms with Gasteiger partial charge in [0.1, 0.15) is 0 Å². The van der Waals surface area contributed by atoms with E-state index in [1.54, 1.807) is 7.11 Å². The van der Waals surface area contributed by atoms with E-state index in [9.17, 15) is 5.11 Å². The minimum absolute atomic E-state index is 0.356. The fraction of sp³-hybridized carbons (Fsp3) is 0.571. The summed E-state index contributed by atoms with van der Waals surface area (Å²) in [7, 11) is 1.62. The molecule has 2 nitrogen and oxygen atoms in total. The zero-order valence-electron chi connectivity index (χ0n) is 10.7. The van der Waals surface area contributed by atoms with Gasteiger partial charge in [-0.2, -0.15) is 0 Å². The average molecular weight is 222 g/mol. The Hall–Kier alpha value is -0.860. The molecule has 0 aromatic heterocycles. The number of ether oxygens (including phenoxy) is 1. The van der Waals surface area contributed by atoms with Gasteiger partial charge in [-0.3, -0.25) is 0 Å². The standard InChI is InChI=1S/C14H22O2/c1-10-7-11(2)14(12(3)8-10)6-5-13(15)9-16-4/h7-8,13,15H,5-6,9H2,1-4H3. The maximum atomic E-state index is 9.62. The van der Waals surface area contributed by atoms with Crippen molar-refractivity contribution in [1.82, 2.24) is 0 Å². The summed E-state index contributed by atoms with van der Waals surface area (Å²) < 4.78 is 4.92. The van der Waals surface area contributed by atoms with Gasteiger partial charge in [0.2, 0.25) is 0 Å². The molecule has 1 aromatic carbocycles. The van der Waals surface area contributed by atoms with Gasteiger partial charge >= 0.3 is 0 Å². The number of aliphatic hydroxyl groups is 1. The van der Waals surface area contributed by atoms with Gasteiger partial charge in [-0.05, 0) is 50.3 Å². The smallest absolute Gasteiger partial charge is 0.0776 e. The van der Waals surface area contributed by atoms with Crippen molar-refractivity contribution in [1.29, 1.82) is 0 Å². The third-order valence-electron chi connectivity index (χ3n) is 2.93. The summed E-state index contributed by atoms with van der Waals surface area (Å²) in [4.78, 5) is 0. The first-order valence-electron chi connectivity index (χ1n) is 5.78. The van der Waals surface area contributed by atoms with Crippen LogP contribution in [0.2, 0.25) is 0 Å². The first kappa shape index (κ1) is 13.2. The van der Waals surface area contributed by atoms with Crippen molar-refractivity contribution in [3.63, 3.8) is 0 Å². The summed E-state index contributed by atoms with van der Waals surface area (Å²) in [6.07, 6.45) is 1.33. The highest BCUT2D eigenvalue weighted by atomic mass is 16.5. The number of benzene rings is 1. The Bertz CT molecular complexity index is 322. The van der Waals surface area contributed by atoms with Gasteiger partial charge < -0.3 is 9.84 Å². The molecule has 90 valence electrons. The summed E-state index contributed by atoms with van der Waals surface area (Å²) >= 11 is 0. The van der Waals surface area contributed by atoms with Crippen molar-refractivity contribution < 1.29 is 9.84 Å². The summed E-state index contributed by atoms with van der Waals surface area (Å²) in [6, 6.07) is 4.40. The zero-order chi connectivity index (χ0) is 12.1. The van der Waals surface area contributed by atoms with E-state index in [1.807, 2.05) is 0 Å². The Labute approximate surface area is 98.3 Å². The Morgan fingerprint density at radius 2 is 1.75 bits per heavy atom. The molecule has 1 unspecified atom stereocenters. The Kier molecular flexibility index (Phi) is 4.97. The lowest BCUT2D eigenvalue weighted by Crippen LogP contribution is -2.15. The SMILES string of the molecule is COCC(O)CCc1c(C)cc(C)cc1C. The maximum Gasteiger partial charge on any atom is 0.0776 e. The van der Waals surface area contributed by atoms with Crippen LogP contribution in [0.15, 0.2) is 12.1 Å². The fourth-order valence-electron chi connectivity index (χ4n) is 2.19. The van der Waals surface area contributed by atoms with E-state index in [4.69, 9.17) is 4.74 Å². The first-order chi connectivity index (χ1) is 7.54. The summed E-state index contributed by atoms with van der Waals surface area (Å²) in [5.41, 5.74) is 5.31. The largest absolute Gasteiger partial charge is 0.391 e. The van der Waals surface area contributed by atoms with E-state index in [2.05, 4.69) is 32.9 Å². The molecule has 0 saturated carbocycles. The average Bonchev–Trinajstić information content (AvgIpc) is 2.16. The van der Waals surface area contributed by atoms with Crippen LogP contribution < -0.4 is 0 Å². The van der Waals surface area contributed by atoms with E-state index >= 15 is 0 Å². The van der Waals surface area contributed by atoms with Crippen LogP contribution in [0.5, 0.6) is 0 Å². The number of aryl methyl sites for hydroxylation is 3. The molecule has 0 aliphatic rings. The number of hydrogen-bond donors (Lipinski definition) is 1. The van der Waals surface area contributed by atoms with Crippen molar-refractivity contribution in [3.05, 3.63) is 34.4 Å². The molecule has 0 heterocycles. The number of methoxy groups -OCH3 is 1. The number of aliphatic hydroxyl groups excluding tert-OH is 1. The van der Waals surface area contributed by atoms with Gasteiger partial charge in [0.05, 0.1) is 12.7 Å². The lowest BCUT2D eigenvalue weighted by atomic mass is 9.95. The Morgan fingerprint density at radius 3 is 2.25 bits per heavy atom. The summed E-state index contributed by atoms with van der Waals surface area (Å²) in [6.45, 7) is 6.81. The van der Waals surface area contributed by atoms with Gasteiger partial charge in [0.15, 0.2) is 0 Å². The molecular formula is C14H22O2. The first-order valence-corrected chi connectivity index (χ1v) is 5.78. The molecule has 1 atom stereocenters. The van der Waals surface area contributed by atoms with E-state index in [1.165, 1.54) is 22.3 Å². The quantitative estimate of drug-likeness (QED) is 0.829. The lowest BCUT2D eigenvalue weighted by molar-refractivity contribution is 0.0595. The predicted octanol–water partition coefficient (Wildman–Crippen LogP) is 2.55. The normalized spacial score (nSPS) is 12.8. The van der Waals surface area contributed by atoms with E-state index < -0.39 is 0 Å². The van der Waals surface area contributed by atoms with Gasteiger partial charge in [0.25, 0.3) is 0 Å². The van der Waals surface area contributed by atoms with Crippen molar-refractivity contribution >= 4 is 0 Å². The van der Waals surface area contributed by atoms with Crippen molar-refractivity contribution in [2.45, 2.75) is 39.7 Å². The highest BCUT2D eigenvalue weighted by Gasteiger charge is 2.08. The maximum absolute atomic E-state index is 9.62. The van der Waals surface area contributed by atoms with Crippen LogP contribution in [0.4, 0.5) is 0 Å². The van der Waals surface area contributed by atoms with E-state index in [0.717, 1.165) is 12.8 Å². The predicted molar refractivity (Wildman–Crippen MR) is 66.9 cm³/mol. The molecule has 16 heavy (non-hydrogen) atoms. The van der Waals surface area contributed by atoms with Gasteiger partial charge in [-0.1, -0.05) is 17.7 Å². The highest BCUT2D eigenvalue weighted by Crippen LogP contribution is 2.18. The van der Waals surface area contributed by atoms with E-state index in [-0.39, 0.29) is 6.10 Å². The molecule has 0 spiro atoms. The van der Waals surface area contributed by atoms with Gasteiger partial charge in [-0.15, -0.1) is 0 Å². The third-order valence-corrected chi connectivity index (χ3v) is 2.93. The molecule has 0 fully saturated rings. The molecule has 0 bridgehead atoms. The second-order valence-corrected chi connectivity index (χ2v) is 4.53. The molecule has 0 aliphatic carbocycles. The molecule has 2 heteroatoms. The highest BCUT2D eigenvalue weighted by molar-refractivity contribution is 5.37. The Balaban J connectivity index is 2.67. The van der Waals surface area contributed by atoms with E-state index in [0.29, 0.717) is 6.61 Å². The molecule has 0 amide bonds. The zero-order valence-corrected chi connectivity index (χ0v) is 10.7.